The maximum Gasteiger partial charge on any atom is 0.306 e. The highest BCUT2D eigenvalue weighted by Gasteiger charge is 2.46. The molecule has 1 aromatic heterocycles. The number of hydrogen-bond donors (Lipinski definition) is 3. The average molecular weight is 318 g/mol. The maximum absolute atomic E-state index is 13.7. The maximum atomic E-state index is 13.7. The largest absolute Gasteiger partial charge is 0.481 e. The van der Waals surface area contributed by atoms with Crippen molar-refractivity contribution >= 4 is 22.6 Å². The number of carbonyl (C=O) groups is 2. The second-order valence-corrected chi connectivity index (χ2v) is 5.85. The molecule has 0 radical (unpaired) electrons. The van der Waals surface area contributed by atoms with Crippen LogP contribution in [0.1, 0.15) is 23.3 Å². The van der Waals surface area contributed by atoms with Gasteiger partial charge in [0.25, 0.3) is 5.91 Å². The SMILES string of the molecule is O=C(NCC1(O)CC(C(=O)O)C1)c1ncc(F)c2ccccc12. The number of hydrogen-bond acceptors (Lipinski definition) is 4. The number of pyridine rings is 1. The minimum atomic E-state index is -1.21. The van der Waals surface area contributed by atoms with E-state index in [0.717, 1.165) is 6.20 Å². The molecule has 0 saturated heterocycles. The highest BCUT2D eigenvalue weighted by molar-refractivity contribution is 6.05. The van der Waals surface area contributed by atoms with E-state index in [2.05, 4.69) is 10.3 Å². The Bertz CT molecular complexity index is 787. The summed E-state index contributed by atoms with van der Waals surface area (Å²) < 4.78 is 13.7. The molecule has 1 amide bonds. The van der Waals surface area contributed by atoms with Crippen LogP contribution in [0.2, 0.25) is 0 Å². The van der Waals surface area contributed by atoms with Crippen molar-refractivity contribution in [1.29, 1.82) is 0 Å². The summed E-state index contributed by atoms with van der Waals surface area (Å²) in [4.78, 5) is 26.8. The van der Waals surface area contributed by atoms with Gasteiger partial charge in [-0.05, 0) is 12.8 Å². The molecule has 7 heteroatoms. The Hall–Kier alpha value is -2.54. The van der Waals surface area contributed by atoms with Crippen LogP contribution in [-0.4, -0.2) is 39.2 Å². The molecule has 0 atom stereocenters. The average Bonchev–Trinajstić information content (AvgIpc) is 2.50. The molecule has 1 aromatic carbocycles. The van der Waals surface area contributed by atoms with Gasteiger partial charge in [0.05, 0.1) is 17.7 Å². The van der Waals surface area contributed by atoms with Gasteiger partial charge in [-0.1, -0.05) is 24.3 Å². The van der Waals surface area contributed by atoms with Gasteiger partial charge in [0, 0.05) is 17.3 Å². The molecule has 6 nitrogen and oxygen atoms in total. The molecule has 1 saturated carbocycles. The lowest BCUT2D eigenvalue weighted by Gasteiger charge is -2.41. The molecule has 120 valence electrons. The van der Waals surface area contributed by atoms with Crippen LogP contribution in [0, 0.1) is 11.7 Å². The molecule has 0 bridgehead atoms. The van der Waals surface area contributed by atoms with Crippen molar-refractivity contribution in [2.24, 2.45) is 5.92 Å². The van der Waals surface area contributed by atoms with Crippen molar-refractivity contribution in [3.63, 3.8) is 0 Å². The molecule has 0 spiro atoms. The monoisotopic (exact) mass is 318 g/mol. The first-order valence-electron chi connectivity index (χ1n) is 7.16. The standard InChI is InChI=1S/C16H15FN2O4/c17-12-7-18-13(11-4-2-1-3-10(11)12)14(20)19-8-16(23)5-9(6-16)15(21)22/h1-4,7,9,23H,5-6,8H2,(H,19,20)(H,21,22). The van der Waals surface area contributed by atoms with E-state index >= 15 is 0 Å². The van der Waals surface area contributed by atoms with E-state index in [9.17, 15) is 19.1 Å². The number of benzene rings is 1. The fourth-order valence-corrected chi connectivity index (χ4v) is 2.84. The highest BCUT2D eigenvalue weighted by atomic mass is 19.1. The van der Waals surface area contributed by atoms with Crippen LogP contribution in [-0.2, 0) is 4.79 Å². The quantitative estimate of drug-likeness (QED) is 0.790. The van der Waals surface area contributed by atoms with E-state index in [0.29, 0.717) is 10.8 Å². The number of rotatable bonds is 4. The van der Waals surface area contributed by atoms with Crippen molar-refractivity contribution in [3.8, 4) is 0 Å². The fraction of sp³-hybridized carbons (Fsp3) is 0.312. The number of fused-ring (bicyclic) bond motifs is 1. The smallest absolute Gasteiger partial charge is 0.306 e. The number of nitrogens with zero attached hydrogens (tertiary/aromatic N) is 1. The summed E-state index contributed by atoms with van der Waals surface area (Å²) in [5, 5.41) is 22.2. The zero-order chi connectivity index (χ0) is 16.6. The van der Waals surface area contributed by atoms with Gasteiger partial charge in [-0.2, -0.15) is 0 Å². The van der Waals surface area contributed by atoms with E-state index < -0.39 is 29.2 Å². The number of aliphatic carboxylic acids is 1. The van der Waals surface area contributed by atoms with Gasteiger partial charge in [-0.25, -0.2) is 9.37 Å². The number of carboxylic acid groups (broad SMARTS) is 1. The number of halogens is 1. The normalized spacial score (nSPS) is 23.3. The Kier molecular flexibility index (Phi) is 3.73. The second kappa shape index (κ2) is 5.58. The Labute approximate surface area is 131 Å². The van der Waals surface area contributed by atoms with Crippen molar-refractivity contribution in [2.75, 3.05) is 6.54 Å². The highest BCUT2D eigenvalue weighted by Crippen LogP contribution is 2.37. The second-order valence-electron chi connectivity index (χ2n) is 5.85. The zero-order valence-corrected chi connectivity index (χ0v) is 12.1. The molecule has 23 heavy (non-hydrogen) atoms. The topological polar surface area (TPSA) is 99.5 Å². The number of aliphatic hydroxyl groups is 1. The third-order valence-corrected chi connectivity index (χ3v) is 4.14. The molecule has 2 aromatic rings. The molecule has 3 N–H and O–H groups in total. The predicted molar refractivity (Wildman–Crippen MR) is 79.3 cm³/mol. The zero-order valence-electron chi connectivity index (χ0n) is 12.1. The van der Waals surface area contributed by atoms with Crippen LogP contribution in [0.15, 0.2) is 30.5 Å². The van der Waals surface area contributed by atoms with E-state index in [1.807, 2.05) is 0 Å². The summed E-state index contributed by atoms with van der Waals surface area (Å²) in [5.74, 6) is -2.58. The molecular weight excluding hydrogens is 303 g/mol. The Morgan fingerprint density at radius 1 is 1.30 bits per heavy atom. The Morgan fingerprint density at radius 2 is 1.96 bits per heavy atom. The Morgan fingerprint density at radius 3 is 2.61 bits per heavy atom. The third kappa shape index (κ3) is 2.87. The minimum Gasteiger partial charge on any atom is -0.481 e. The van der Waals surface area contributed by atoms with Gasteiger partial charge in [0.15, 0.2) is 0 Å². The van der Waals surface area contributed by atoms with E-state index in [1.165, 1.54) is 0 Å². The van der Waals surface area contributed by atoms with Crippen molar-refractivity contribution in [3.05, 3.63) is 42.0 Å². The van der Waals surface area contributed by atoms with Gasteiger partial charge in [-0.3, -0.25) is 9.59 Å². The summed E-state index contributed by atoms with van der Waals surface area (Å²) in [6.07, 6.45) is 1.18. The van der Waals surface area contributed by atoms with Crippen LogP contribution < -0.4 is 5.32 Å². The predicted octanol–water partition coefficient (Wildman–Crippen LogP) is 1.33. The first kappa shape index (κ1) is 15.4. The first-order valence-corrected chi connectivity index (χ1v) is 7.16. The van der Waals surface area contributed by atoms with Gasteiger partial charge < -0.3 is 15.5 Å². The molecule has 3 rings (SSSR count). The lowest BCUT2D eigenvalue weighted by Crippen LogP contribution is -2.54. The minimum absolute atomic E-state index is 0.0665. The number of aromatic nitrogens is 1. The summed E-state index contributed by atoms with van der Waals surface area (Å²) in [5.41, 5.74) is -1.14. The summed E-state index contributed by atoms with van der Waals surface area (Å²) in [7, 11) is 0. The Balaban J connectivity index is 1.73. The molecule has 1 aliphatic carbocycles. The number of amides is 1. The van der Waals surface area contributed by atoms with Crippen molar-refractivity contribution in [2.45, 2.75) is 18.4 Å². The number of carboxylic acids is 1. The first-order chi connectivity index (χ1) is 10.9. The van der Waals surface area contributed by atoms with Gasteiger partial charge in [-0.15, -0.1) is 0 Å². The third-order valence-electron chi connectivity index (χ3n) is 4.14. The molecule has 1 fully saturated rings. The summed E-state index contributed by atoms with van der Waals surface area (Å²) in [6, 6.07) is 6.49. The van der Waals surface area contributed by atoms with Crippen LogP contribution in [0.5, 0.6) is 0 Å². The van der Waals surface area contributed by atoms with Crippen LogP contribution in [0.4, 0.5) is 4.39 Å². The van der Waals surface area contributed by atoms with Gasteiger partial charge in [0.1, 0.15) is 11.5 Å². The molecule has 1 aliphatic rings. The van der Waals surface area contributed by atoms with E-state index in [-0.39, 0.29) is 25.1 Å². The van der Waals surface area contributed by atoms with E-state index in [1.54, 1.807) is 24.3 Å². The summed E-state index contributed by atoms with van der Waals surface area (Å²) in [6.45, 7) is -0.0665. The molecule has 0 aliphatic heterocycles. The van der Waals surface area contributed by atoms with Crippen LogP contribution in [0.25, 0.3) is 10.8 Å². The summed E-state index contributed by atoms with van der Waals surface area (Å²) >= 11 is 0. The number of carbonyl (C=O) groups excluding carboxylic acids is 1. The van der Waals surface area contributed by atoms with Gasteiger partial charge in [0.2, 0.25) is 0 Å². The lowest BCUT2D eigenvalue weighted by molar-refractivity contribution is -0.157. The van der Waals surface area contributed by atoms with Crippen LogP contribution >= 0.6 is 0 Å². The van der Waals surface area contributed by atoms with E-state index in [4.69, 9.17) is 5.11 Å². The van der Waals surface area contributed by atoms with Crippen molar-refractivity contribution < 1.29 is 24.2 Å². The fourth-order valence-electron chi connectivity index (χ4n) is 2.84. The van der Waals surface area contributed by atoms with Crippen molar-refractivity contribution in [1.82, 2.24) is 10.3 Å². The molecule has 1 heterocycles. The lowest BCUT2D eigenvalue weighted by atomic mass is 9.71. The van der Waals surface area contributed by atoms with Crippen LogP contribution in [0.3, 0.4) is 0 Å². The molecular formula is C16H15FN2O4. The van der Waals surface area contributed by atoms with Gasteiger partial charge >= 0.3 is 5.97 Å². The number of nitrogens with one attached hydrogen (secondary N) is 1. The molecule has 0 unspecified atom stereocenters.